The van der Waals surface area contributed by atoms with Gasteiger partial charge in [-0.05, 0) is 31.4 Å². The number of nitrogens with one attached hydrogen (secondary N) is 1. The van der Waals surface area contributed by atoms with E-state index < -0.39 is 6.04 Å². The Labute approximate surface area is 146 Å². The normalized spacial score (nSPS) is 18.3. The first-order valence-corrected chi connectivity index (χ1v) is 9.40. The number of amides is 2. The molecule has 2 rings (SSSR count). The van der Waals surface area contributed by atoms with Gasteiger partial charge in [0.1, 0.15) is 12.1 Å². The Morgan fingerprint density at radius 2 is 2.25 bits per heavy atom. The predicted octanol–water partition coefficient (Wildman–Crippen LogP) is 1.02. The lowest BCUT2D eigenvalue weighted by atomic mass is 10.2. The molecule has 1 N–H and O–H groups in total. The maximum atomic E-state index is 12.6. The van der Waals surface area contributed by atoms with Crippen molar-refractivity contribution in [2.45, 2.75) is 38.8 Å². The fourth-order valence-corrected chi connectivity index (χ4v) is 3.08. The smallest absolute Gasteiger partial charge is 0.245 e. The lowest BCUT2D eigenvalue weighted by Gasteiger charge is -2.23. The molecule has 24 heavy (non-hydrogen) atoms. The van der Waals surface area contributed by atoms with Crippen molar-refractivity contribution in [1.82, 2.24) is 20.4 Å². The third-order valence-corrected chi connectivity index (χ3v) is 4.45. The van der Waals surface area contributed by atoms with Crippen LogP contribution in [0.4, 0.5) is 0 Å². The second kappa shape index (κ2) is 8.86. The molecule has 1 saturated heterocycles. The fraction of sp³-hybridized carbons (Fsp3) is 0.625. The van der Waals surface area contributed by atoms with Gasteiger partial charge in [0.25, 0.3) is 0 Å². The zero-order valence-electron chi connectivity index (χ0n) is 14.3. The molecule has 2 unspecified atom stereocenters. The molecule has 1 aromatic rings. The van der Waals surface area contributed by atoms with Gasteiger partial charge >= 0.3 is 0 Å². The van der Waals surface area contributed by atoms with Crippen molar-refractivity contribution in [3.63, 3.8) is 0 Å². The third kappa shape index (κ3) is 5.36. The molecule has 1 fully saturated rings. The number of carbonyl (C=O) groups excluding carboxylic acids is 2. The van der Waals surface area contributed by atoms with E-state index in [2.05, 4.69) is 15.5 Å². The molecular weight excluding hydrogens is 328 g/mol. The fourth-order valence-electron chi connectivity index (χ4n) is 2.60. The van der Waals surface area contributed by atoms with E-state index in [1.54, 1.807) is 22.7 Å². The van der Waals surface area contributed by atoms with Crippen LogP contribution in [0.25, 0.3) is 0 Å². The predicted molar refractivity (Wildman–Crippen MR) is 93.0 cm³/mol. The van der Waals surface area contributed by atoms with E-state index in [-0.39, 0.29) is 17.9 Å². The molecule has 2 atom stereocenters. The van der Waals surface area contributed by atoms with Crippen molar-refractivity contribution in [3.8, 4) is 5.88 Å². The van der Waals surface area contributed by atoms with E-state index in [1.165, 1.54) is 6.92 Å². The molecule has 2 amide bonds. The Hall–Kier alpha value is -1.83. The summed E-state index contributed by atoms with van der Waals surface area (Å²) in [6.07, 6.45) is 3.27. The molecular formula is C16H24N4O3S. The van der Waals surface area contributed by atoms with Gasteiger partial charge in [-0.25, -0.2) is 0 Å². The molecule has 1 aliphatic heterocycles. The minimum Gasteiger partial charge on any atom is -0.471 e. The van der Waals surface area contributed by atoms with Gasteiger partial charge in [0.05, 0.1) is 12.2 Å². The Morgan fingerprint density at radius 1 is 1.46 bits per heavy atom. The molecule has 2 heterocycles. The van der Waals surface area contributed by atoms with E-state index in [9.17, 15) is 9.59 Å². The van der Waals surface area contributed by atoms with Crippen molar-refractivity contribution in [3.05, 3.63) is 17.8 Å². The van der Waals surface area contributed by atoms with Crippen molar-refractivity contribution in [2.75, 3.05) is 25.1 Å². The summed E-state index contributed by atoms with van der Waals surface area (Å²) in [6.45, 7) is 4.43. The summed E-state index contributed by atoms with van der Waals surface area (Å²) in [5.74, 6) is 1.07. The number of aromatic nitrogens is 2. The zero-order valence-corrected chi connectivity index (χ0v) is 15.1. The van der Waals surface area contributed by atoms with Crippen LogP contribution in [0, 0.1) is 6.92 Å². The summed E-state index contributed by atoms with van der Waals surface area (Å²) in [6, 6.07) is 3.16. The molecule has 132 valence electrons. The molecule has 0 aliphatic carbocycles. The monoisotopic (exact) mass is 352 g/mol. The number of carbonyl (C=O) groups is 2. The lowest BCUT2D eigenvalue weighted by Crippen LogP contribution is -2.48. The summed E-state index contributed by atoms with van der Waals surface area (Å²) >= 11 is 1.66. The second-order valence-corrected chi connectivity index (χ2v) is 6.85. The molecule has 1 aromatic heterocycles. The van der Waals surface area contributed by atoms with Crippen LogP contribution in [0.3, 0.4) is 0 Å². The van der Waals surface area contributed by atoms with Gasteiger partial charge in [-0.3, -0.25) is 9.59 Å². The number of hydrogen-bond acceptors (Lipinski definition) is 6. The highest BCUT2D eigenvalue weighted by molar-refractivity contribution is 7.98. The lowest BCUT2D eigenvalue weighted by molar-refractivity contribution is -0.135. The Balaban J connectivity index is 1.90. The van der Waals surface area contributed by atoms with E-state index in [4.69, 9.17) is 4.74 Å². The van der Waals surface area contributed by atoms with Gasteiger partial charge in [-0.2, -0.15) is 16.9 Å². The average molecular weight is 352 g/mol. The van der Waals surface area contributed by atoms with Gasteiger partial charge < -0.3 is 15.0 Å². The third-order valence-electron chi connectivity index (χ3n) is 3.80. The quantitative estimate of drug-likeness (QED) is 0.789. The molecule has 7 nitrogen and oxygen atoms in total. The Kier molecular flexibility index (Phi) is 6.84. The van der Waals surface area contributed by atoms with Gasteiger partial charge in [-0.1, -0.05) is 0 Å². The maximum Gasteiger partial charge on any atom is 0.245 e. The Bertz CT molecular complexity index is 567. The molecule has 1 aliphatic rings. The van der Waals surface area contributed by atoms with Crippen molar-refractivity contribution < 1.29 is 14.3 Å². The number of aryl methyl sites for hydroxylation is 1. The highest BCUT2D eigenvalue weighted by atomic mass is 32.2. The van der Waals surface area contributed by atoms with E-state index >= 15 is 0 Å². The number of ether oxygens (including phenoxy) is 1. The number of rotatable bonds is 7. The van der Waals surface area contributed by atoms with E-state index in [1.807, 2.05) is 19.2 Å². The number of hydrogen-bond donors (Lipinski definition) is 1. The number of thioether (sulfide) groups is 1. The largest absolute Gasteiger partial charge is 0.471 e. The molecule has 0 radical (unpaired) electrons. The molecule has 0 aromatic carbocycles. The van der Waals surface area contributed by atoms with E-state index in [0.29, 0.717) is 25.4 Å². The van der Waals surface area contributed by atoms with Crippen molar-refractivity contribution >= 4 is 23.6 Å². The molecule has 0 bridgehead atoms. The molecule has 0 spiro atoms. The first kappa shape index (κ1) is 18.5. The van der Waals surface area contributed by atoms with Crippen LogP contribution in [-0.4, -0.2) is 64.2 Å². The first-order valence-electron chi connectivity index (χ1n) is 8.01. The van der Waals surface area contributed by atoms with Crippen LogP contribution in [-0.2, 0) is 9.59 Å². The van der Waals surface area contributed by atoms with Crippen molar-refractivity contribution in [2.24, 2.45) is 0 Å². The molecule has 0 saturated carbocycles. The van der Waals surface area contributed by atoms with Gasteiger partial charge in [0.2, 0.25) is 17.7 Å². The summed E-state index contributed by atoms with van der Waals surface area (Å²) < 4.78 is 5.79. The van der Waals surface area contributed by atoms with Crippen LogP contribution in [0.2, 0.25) is 0 Å². The Morgan fingerprint density at radius 3 is 2.88 bits per heavy atom. The van der Waals surface area contributed by atoms with Crippen LogP contribution < -0.4 is 10.1 Å². The summed E-state index contributed by atoms with van der Waals surface area (Å²) in [5, 5.41) is 10.7. The van der Waals surface area contributed by atoms with Crippen LogP contribution >= 0.6 is 11.8 Å². The SMILES string of the molecule is CSCCC(NC(C)=O)C(=O)N1CCC(Oc2ccc(C)nn2)C1. The standard InChI is InChI=1S/C16H24N4O3S/c1-11-4-5-15(19-18-11)23-13-6-8-20(10-13)16(22)14(7-9-24-3)17-12(2)21/h4-5,13-14H,6-10H2,1-3H3,(H,17,21). The zero-order chi connectivity index (χ0) is 17.5. The van der Waals surface area contributed by atoms with Crippen molar-refractivity contribution in [1.29, 1.82) is 0 Å². The second-order valence-electron chi connectivity index (χ2n) is 5.86. The highest BCUT2D eigenvalue weighted by Crippen LogP contribution is 2.18. The average Bonchev–Trinajstić information content (AvgIpc) is 3.01. The summed E-state index contributed by atoms with van der Waals surface area (Å²) in [7, 11) is 0. The molecule has 8 heteroatoms. The highest BCUT2D eigenvalue weighted by Gasteiger charge is 2.32. The minimum atomic E-state index is -0.465. The number of likely N-dealkylation sites (tertiary alicyclic amines) is 1. The summed E-state index contributed by atoms with van der Waals surface area (Å²) in [4.78, 5) is 25.7. The van der Waals surface area contributed by atoms with Gasteiger partial charge in [0.15, 0.2) is 0 Å². The van der Waals surface area contributed by atoms with Gasteiger partial charge in [-0.15, -0.1) is 5.10 Å². The maximum absolute atomic E-state index is 12.6. The minimum absolute atomic E-state index is 0.0414. The van der Waals surface area contributed by atoms with Crippen LogP contribution in [0.15, 0.2) is 12.1 Å². The first-order chi connectivity index (χ1) is 11.5. The summed E-state index contributed by atoms with van der Waals surface area (Å²) in [5.41, 5.74) is 0.831. The van der Waals surface area contributed by atoms with Crippen LogP contribution in [0.1, 0.15) is 25.5 Å². The topological polar surface area (TPSA) is 84.4 Å². The van der Waals surface area contributed by atoms with Crippen LogP contribution in [0.5, 0.6) is 5.88 Å². The van der Waals surface area contributed by atoms with E-state index in [0.717, 1.165) is 17.9 Å². The van der Waals surface area contributed by atoms with Gasteiger partial charge in [0, 0.05) is 26.0 Å². The number of nitrogens with zero attached hydrogens (tertiary/aromatic N) is 3.